The first-order valence-electron chi connectivity index (χ1n) is 3.21. The summed E-state index contributed by atoms with van der Waals surface area (Å²) in [6.07, 6.45) is 2.47. The molecular formula is C7H4N2OS2. The molecule has 3 nitrogen and oxygen atoms in total. The first-order chi connectivity index (χ1) is 5.90. The molecule has 0 radical (unpaired) electrons. The maximum atomic E-state index is 10.3. The third kappa shape index (κ3) is 1.28. The van der Waals surface area contributed by atoms with Crippen LogP contribution in [0.5, 0.6) is 0 Å². The highest BCUT2D eigenvalue weighted by molar-refractivity contribution is 7.19. The Labute approximate surface area is 76.7 Å². The molecule has 0 saturated heterocycles. The van der Waals surface area contributed by atoms with E-state index >= 15 is 0 Å². The number of aromatic nitrogens is 2. The van der Waals surface area contributed by atoms with Crippen molar-refractivity contribution in [3.05, 3.63) is 22.7 Å². The first-order valence-corrected chi connectivity index (χ1v) is 4.96. The van der Waals surface area contributed by atoms with Gasteiger partial charge in [-0.3, -0.25) is 4.79 Å². The molecule has 2 aromatic rings. The van der Waals surface area contributed by atoms with Crippen molar-refractivity contribution in [2.75, 3.05) is 0 Å². The summed E-state index contributed by atoms with van der Waals surface area (Å²) in [4.78, 5) is 18.5. The Morgan fingerprint density at radius 3 is 2.83 bits per heavy atom. The molecule has 60 valence electrons. The third-order valence-corrected chi connectivity index (χ3v) is 3.03. The van der Waals surface area contributed by atoms with Gasteiger partial charge in [-0.05, 0) is 0 Å². The van der Waals surface area contributed by atoms with Crippen molar-refractivity contribution in [1.82, 2.24) is 9.97 Å². The molecular weight excluding hydrogens is 192 g/mol. The normalized spacial score (nSPS) is 10.0. The van der Waals surface area contributed by atoms with E-state index in [1.54, 1.807) is 11.6 Å². The second kappa shape index (κ2) is 3.12. The molecule has 0 fully saturated rings. The van der Waals surface area contributed by atoms with Crippen LogP contribution < -0.4 is 0 Å². The molecule has 0 atom stereocenters. The fourth-order valence-electron chi connectivity index (χ4n) is 0.768. The second-order valence-electron chi connectivity index (χ2n) is 2.03. The highest BCUT2D eigenvalue weighted by Crippen LogP contribution is 2.24. The zero-order valence-corrected chi connectivity index (χ0v) is 7.56. The summed E-state index contributed by atoms with van der Waals surface area (Å²) in [6, 6.07) is 0. The van der Waals surface area contributed by atoms with E-state index in [4.69, 9.17) is 0 Å². The van der Waals surface area contributed by atoms with E-state index in [9.17, 15) is 4.79 Å². The molecule has 5 heteroatoms. The minimum atomic E-state index is 0.477. The molecule has 2 heterocycles. The van der Waals surface area contributed by atoms with Gasteiger partial charge in [0.25, 0.3) is 0 Å². The van der Waals surface area contributed by atoms with Crippen LogP contribution in [0.3, 0.4) is 0 Å². The van der Waals surface area contributed by atoms with Crippen molar-refractivity contribution in [2.24, 2.45) is 0 Å². The molecule has 0 aliphatic heterocycles. The van der Waals surface area contributed by atoms with Gasteiger partial charge in [0.1, 0.15) is 5.69 Å². The molecule has 0 bridgehead atoms. The second-order valence-corrected chi connectivity index (χ2v) is 3.79. The van der Waals surface area contributed by atoms with Crippen molar-refractivity contribution in [3.63, 3.8) is 0 Å². The van der Waals surface area contributed by atoms with E-state index < -0.39 is 0 Å². The first kappa shape index (κ1) is 7.57. The highest BCUT2D eigenvalue weighted by Gasteiger charge is 2.05. The number of hydrogen-bond donors (Lipinski definition) is 0. The van der Waals surface area contributed by atoms with E-state index in [1.165, 1.54) is 22.7 Å². The average molecular weight is 196 g/mol. The van der Waals surface area contributed by atoms with Gasteiger partial charge < -0.3 is 0 Å². The molecule has 0 aliphatic carbocycles. The number of carbonyl (C=O) groups excluding carboxylic acids is 1. The molecule has 0 amide bonds. The van der Waals surface area contributed by atoms with Crippen molar-refractivity contribution >= 4 is 29.0 Å². The van der Waals surface area contributed by atoms with E-state index in [0.29, 0.717) is 5.69 Å². The van der Waals surface area contributed by atoms with Crippen LogP contribution in [0.4, 0.5) is 0 Å². The van der Waals surface area contributed by atoms with Crippen LogP contribution in [0.15, 0.2) is 17.0 Å². The van der Waals surface area contributed by atoms with Gasteiger partial charge in [0.15, 0.2) is 16.3 Å². The molecule has 0 aromatic carbocycles. The minimum Gasteiger partial charge on any atom is -0.296 e. The summed E-state index contributed by atoms with van der Waals surface area (Å²) in [6.45, 7) is 0. The van der Waals surface area contributed by atoms with Crippen LogP contribution in [0.25, 0.3) is 10.0 Å². The lowest BCUT2D eigenvalue weighted by Gasteiger charge is -1.83. The van der Waals surface area contributed by atoms with Gasteiger partial charge in [0, 0.05) is 17.0 Å². The maximum Gasteiger partial charge on any atom is 0.169 e. The summed E-state index contributed by atoms with van der Waals surface area (Å²) in [7, 11) is 0. The van der Waals surface area contributed by atoms with Gasteiger partial charge in [-0.1, -0.05) is 0 Å². The Morgan fingerprint density at radius 1 is 1.33 bits per heavy atom. The fraction of sp³-hybridized carbons (Fsp3) is 0. The van der Waals surface area contributed by atoms with Crippen molar-refractivity contribution in [1.29, 1.82) is 0 Å². The smallest absolute Gasteiger partial charge is 0.169 e. The highest BCUT2D eigenvalue weighted by atomic mass is 32.1. The fourth-order valence-corrected chi connectivity index (χ4v) is 2.23. The Kier molecular flexibility index (Phi) is 1.97. The predicted octanol–water partition coefficient (Wildman–Crippen LogP) is 2.08. The van der Waals surface area contributed by atoms with E-state index in [1.807, 2.05) is 5.38 Å². The van der Waals surface area contributed by atoms with E-state index in [-0.39, 0.29) is 0 Å². The maximum absolute atomic E-state index is 10.3. The van der Waals surface area contributed by atoms with Gasteiger partial charge in [-0.15, -0.1) is 22.7 Å². The van der Waals surface area contributed by atoms with Gasteiger partial charge in [0.2, 0.25) is 0 Å². The molecule has 0 N–H and O–H groups in total. The summed E-state index contributed by atoms with van der Waals surface area (Å²) in [5.41, 5.74) is 0.477. The molecule has 0 unspecified atom stereocenters. The van der Waals surface area contributed by atoms with E-state index in [2.05, 4.69) is 9.97 Å². The van der Waals surface area contributed by atoms with Gasteiger partial charge in [-0.25, -0.2) is 9.97 Å². The van der Waals surface area contributed by atoms with Crippen molar-refractivity contribution < 1.29 is 4.79 Å². The largest absolute Gasteiger partial charge is 0.296 e. The SMILES string of the molecule is O=Cc1csc(-c2nccs2)n1. The lowest BCUT2D eigenvalue weighted by molar-refractivity contribution is 0.111. The Morgan fingerprint density at radius 2 is 2.25 bits per heavy atom. The van der Waals surface area contributed by atoms with Crippen LogP contribution in [0, 0.1) is 0 Å². The molecule has 12 heavy (non-hydrogen) atoms. The minimum absolute atomic E-state index is 0.477. The standard InChI is InChI=1S/C7H4N2OS2/c10-3-5-4-12-7(9-5)6-8-1-2-11-6/h1-4H. The average Bonchev–Trinajstić information content (AvgIpc) is 2.75. The Bertz CT molecular complexity index is 380. The number of rotatable bonds is 2. The number of nitrogens with zero attached hydrogens (tertiary/aromatic N) is 2. The van der Waals surface area contributed by atoms with Crippen LogP contribution in [-0.2, 0) is 0 Å². The monoisotopic (exact) mass is 196 g/mol. The van der Waals surface area contributed by atoms with Crippen LogP contribution in [-0.4, -0.2) is 16.3 Å². The van der Waals surface area contributed by atoms with Crippen LogP contribution in [0.1, 0.15) is 10.5 Å². The number of aldehydes is 1. The molecule has 2 aromatic heterocycles. The Hall–Kier alpha value is -1.07. The zero-order chi connectivity index (χ0) is 8.39. The molecule has 2 rings (SSSR count). The lowest BCUT2D eigenvalue weighted by atomic mass is 10.5. The molecule has 0 aliphatic rings. The number of hydrogen-bond acceptors (Lipinski definition) is 5. The number of carbonyl (C=O) groups is 1. The van der Waals surface area contributed by atoms with Gasteiger partial charge in [0.05, 0.1) is 0 Å². The third-order valence-electron chi connectivity index (χ3n) is 1.26. The van der Waals surface area contributed by atoms with E-state index in [0.717, 1.165) is 16.3 Å². The summed E-state index contributed by atoms with van der Waals surface area (Å²) >= 11 is 2.96. The van der Waals surface area contributed by atoms with Crippen LogP contribution >= 0.6 is 22.7 Å². The molecule has 0 saturated carbocycles. The summed E-state index contributed by atoms with van der Waals surface area (Å²) in [5.74, 6) is 0. The van der Waals surface area contributed by atoms with Crippen molar-refractivity contribution in [2.45, 2.75) is 0 Å². The number of thiazole rings is 2. The topological polar surface area (TPSA) is 42.9 Å². The van der Waals surface area contributed by atoms with Gasteiger partial charge in [-0.2, -0.15) is 0 Å². The predicted molar refractivity (Wildman–Crippen MR) is 48.6 cm³/mol. The van der Waals surface area contributed by atoms with Crippen LogP contribution in [0.2, 0.25) is 0 Å². The Balaban J connectivity index is 2.41. The zero-order valence-electron chi connectivity index (χ0n) is 5.93. The summed E-state index contributed by atoms with van der Waals surface area (Å²) in [5, 5.41) is 5.29. The lowest BCUT2D eigenvalue weighted by Crippen LogP contribution is -1.78. The van der Waals surface area contributed by atoms with Crippen molar-refractivity contribution in [3.8, 4) is 10.0 Å². The van der Waals surface area contributed by atoms with Gasteiger partial charge >= 0.3 is 0 Å². The molecule has 0 spiro atoms. The summed E-state index contributed by atoms with van der Waals surface area (Å²) < 4.78 is 0. The quantitative estimate of drug-likeness (QED) is 0.691.